The van der Waals surface area contributed by atoms with E-state index < -0.39 is 0 Å². The van der Waals surface area contributed by atoms with Crippen molar-refractivity contribution in [1.82, 2.24) is 4.90 Å². The number of hydrogen-bond donors (Lipinski definition) is 1. The SMILES string of the molecule is COc1ccsc1CN1CCC(CO)CC1. The van der Waals surface area contributed by atoms with Crippen molar-refractivity contribution in [3.05, 3.63) is 16.3 Å². The highest BCUT2D eigenvalue weighted by atomic mass is 32.1. The molecule has 90 valence electrons. The van der Waals surface area contributed by atoms with Crippen molar-refractivity contribution >= 4 is 11.3 Å². The van der Waals surface area contributed by atoms with Crippen LogP contribution in [-0.4, -0.2) is 36.8 Å². The molecule has 1 N–H and O–H groups in total. The van der Waals surface area contributed by atoms with Crippen LogP contribution in [-0.2, 0) is 6.54 Å². The van der Waals surface area contributed by atoms with E-state index in [2.05, 4.69) is 10.3 Å². The van der Waals surface area contributed by atoms with E-state index in [1.165, 1.54) is 4.88 Å². The van der Waals surface area contributed by atoms with E-state index in [0.717, 1.165) is 38.2 Å². The van der Waals surface area contributed by atoms with Crippen LogP contribution in [0.25, 0.3) is 0 Å². The zero-order valence-electron chi connectivity index (χ0n) is 9.69. The third-order valence-electron chi connectivity index (χ3n) is 3.26. The highest BCUT2D eigenvalue weighted by Crippen LogP contribution is 2.27. The summed E-state index contributed by atoms with van der Waals surface area (Å²) in [5, 5.41) is 11.2. The number of aliphatic hydroxyl groups is 1. The van der Waals surface area contributed by atoms with Crippen LogP contribution in [0.5, 0.6) is 5.75 Å². The summed E-state index contributed by atoms with van der Waals surface area (Å²) in [6, 6.07) is 2.03. The Morgan fingerprint density at radius 1 is 1.50 bits per heavy atom. The monoisotopic (exact) mass is 241 g/mol. The number of rotatable bonds is 4. The van der Waals surface area contributed by atoms with Crippen LogP contribution in [0.4, 0.5) is 0 Å². The molecule has 16 heavy (non-hydrogen) atoms. The second-order valence-electron chi connectivity index (χ2n) is 4.31. The number of thiophene rings is 1. The molecule has 0 aliphatic carbocycles. The molecule has 1 aromatic heterocycles. The Morgan fingerprint density at radius 3 is 2.88 bits per heavy atom. The summed E-state index contributed by atoms with van der Waals surface area (Å²) in [5.74, 6) is 1.52. The van der Waals surface area contributed by atoms with Crippen molar-refractivity contribution in [3.63, 3.8) is 0 Å². The lowest BCUT2D eigenvalue weighted by Crippen LogP contribution is -2.34. The molecule has 0 atom stereocenters. The van der Waals surface area contributed by atoms with E-state index in [0.29, 0.717) is 12.5 Å². The summed E-state index contributed by atoms with van der Waals surface area (Å²) < 4.78 is 5.31. The van der Waals surface area contributed by atoms with Gasteiger partial charge in [-0.3, -0.25) is 4.90 Å². The van der Waals surface area contributed by atoms with E-state index in [4.69, 9.17) is 9.84 Å². The Hall–Kier alpha value is -0.580. The number of hydrogen-bond acceptors (Lipinski definition) is 4. The molecule has 1 aromatic rings. The zero-order valence-corrected chi connectivity index (χ0v) is 10.5. The highest BCUT2D eigenvalue weighted by Gasteiger charge is 2.19. The molecule has 0 unspecified atom stereocenters. The zero-order chi connectivity index (χ0) is 11.4. The molecule has 0 bridgehead atoms. The maximum Gasteiger partial charge on any atom is 0.134 e. The quantitative estimate of drug-likeness (QED) is 0.874. The summed E-state index contributed by atoms with van der Waals surface area (Å²) in [7, 11) is 1.73. The molecule has 4 heteroatoms. The summed E-state index contributed by atoms with van der Waals surface area (Å²) in [6.07, 6.45) is 2.23. The number of ether oxygens (including phenoxy) is 1. The Labute approximate surface area is 101 Å². The molecule has 0 amide bonds. The highest BCUT2D eigenvalue weighted by molar-refractivity contribution is 7.10. The fraction of sp³-hybridized carbons (Fsp3) is 0.667. The molecule has 1 fully saturated rings. The van der Waals surface area contributed by atoms with Gasteiger partial charge in [0.2, 0.25) is 0 Å². The van der Waals surface area contributed by atoms with Crippen molar-refractivity contribution in [2.75, 3.05) is 26.8 Å². The number of aliphatic hydroxyl groups excluding tert-OH is 1. The van der Waals surface area contributed by atoms with Crippen LogP contribution in [0.15, 0.2) is 11.4 Å². The average molecular weight is 241 g/mol. The first-order valence-electron chi connectivity index (χ1n) is 5.77. The maximum absolute atomic E-state index is 9.08. The Morgan fingerprint density at radius 2 is 2.25 bits per heavy atom. The first-order chi connectivity index (χ1) is 7.83. The largest absolute Gasteiger partial charge is 0.496 e. The van der Waals surface area contributed by atoms with E-state index in [-0.39, 0.29) is 0 Å². The van der Waals surface area contributed by atoms with Crippen molar-refractivity contribution < 1.29 is 9.84 Å². The Bertz CT molecular complexity index is 319. The average Bonchev–Trinajstić information content (AvgIpc) is 2.77. The number of likely N-dealkylation sites (tertiary alicyclic amines) is 1. The van der Waals surface area contributed by atoms with E-state index in [1.807, 2.05) is 6.07 Å². The van der Waals surface area contributed by atoms with Gasteiger partial charge >= 0.3 is 0 Å². The third kappa shape index (κ3) is 2.75. The summed E-state index contributed by atoms with van der Waals surface area (Å²) in [4.78, 5) is 3.76. The van der Waals surface area contributed by atoms with Gasteiger partial charge in [-0.15, -0.1) is 11.3 Å². The molecular weight excluding hydrogens is 222 g/mol. The minimum absolute atomic E-state index is 0.343. The van der Waals surface area contributed by atoms with Crippen LogP contribution in [0, 0.1) is 5.92 Å². The number of piperidine rings is 1. The molecule has 0 aromatic carbocycles. The standard InChI is InChI=1S/C12H19NO2S/c1-15-11-4-7-16-12(11)8-13-5-2-10(9-14)3-6-13/h4,7,10,14H,2-3,5-6,8-9H2,1H3. The molecular formula is C12H19NO2S. The number of methoxy groups -OCH3 is 1. The normalized spacial score (nSPS) is 18.9. The summed E-state index contributed by atoms with van der Waals surface area (Å²) in [5.41, 5.74) is 0. The minimum atomic E-state index is 0.343. The molecule has 2 rings (SSSR count). The van der Waals surface area contributed by atoms with E-state index >= 15 is 0 Å². The van der Waals surface area contributed by atoms with Crippen LogP contribution in [0.2, 0.25) is 0 Å². The van der Waals surface area contributed by atoms with E-state index in [9.17, 15) is 0 Å². The van der Waals surface area contributed by atoms with Gasteiger partial charge in [0.1, 0.15) is 5.75 Å². The van der Waals surface area contributed by atoms with Gasteiger partial charge in [0.25, 0.3) is 0 Å². The molecule has 0 radical (unpaired) electrons. The van der Waals surface area contributed by atoms with Crippen molar-refractivity contribution in [1.29, 1.82) is 0 Å². The predicted molar refractivity (Wildman–Crippen MR) is 66.0 cm³/mol. The molecule has 1 saturated heterocycles. The number of nitrogens with zero attached hydrogens (tertiary/aromatic N) is 1. The van der Waals surface area contributed by atoms with Crippen LogP contribution in [0.1, 0.15) is 17.7 Å². The molecule has 3 nitrogen and oxygen atoms in total. The minimum Gasteiger partial charge on any atom is -0.496 e. The predicted octanol–water partition coefficient (Wildman–Crippen LogP) is 1.96. The topological polar surface area (TPSA) is 32.7 Å². The first kappa shape index (κ1) is 11.9. The Balaban J connectivity index is 1.87. The lowest BCUT2D eigenvalue weighted by molar-refractivity contribution is 0.127. The second kappa shape index (κ2) is 5.66. The fourth-order valence-corrected chi connectivity index (χ4v) is 3.04. The molecule has 2 heterocycles. The lowest BCUT2D eigenvalue weighted by Gasteiger charge is -2.30. The smallest absolute Gasteiger partial charge is 0.134 e. The van der Waals surface area contributed by atoms with Gasteiger partial charge in [-0.2, -0.15) is 0 Å². The fourth-order valence-electron chi connectivity index (χ4n) is 2.16. The van der Waals surface area contributed by atoms with Crippen molar-refractivity contribution in [2.24, 2.45) is 5.92 Å². The van der Waals surface area contributed by atoms with Gasteiger partial charge in [-0.25, -0.2) is 0 Å². The van der Waals surface area contributed by atoms with Crippen LogP contribution < -0.4 is 4.74 Å². The summed E-state index contributed by atoms with van der Waals surface area (Å²) in [6.45, 7) is 3.51. The first-order valence-corrected chi connectivity index (χ1v) is 6.65. The van der Waals surface area contributed by atoms with Gasteiger partial charge < -0.3 is 9.84 Å². The van der Waals surface area contributed by atoms with Crippen LogP contribution in [0.3, 0.4) is 0 Å². The molecule has 1 aliphatic heterocycles. The lowest BCUT2D eigenvalue weighted by atomic mass is 9.98. The molecule has 0 saturated carbocycles. The second-order valence-corrected chi connectivity index (χ2v) is 5.31. The van der Waals surface area contributed by atoms with Gasteiger partial charge in [-0.05, 0) is 43.3 Å². The van der Waals surface area contributed by atoms with Gasteiger partial charge in [0.15, 0.2) is 0 Å². The third-order valence-corrected chi connectivity index (χ3v) is 4.14. The van der Waals surface area contributed by atoms with Gasteiger partial charge in [0.05, 0.1) is 12.0 Å². The maximum atomic E-state index is 9.08. The van der Waals surface area contributed by atoms with Crippen LogP contribution >= 0.6 is 11.3 Å². The van der Waals surface area contributed by atoms with Crippen molar-refractivity contribution in [3.8, 4) is 5.75 Å². The van der Waals surface area contributed by atoms with Crippen molar-refractivity contribution in [2.45, 2.75) is 19.4 Å². The molecule has 0 spiro atoms. The van der Waals surface area contributed by atoms with Gasteiger partial charge in [-0.1, -0.05) is 0 Å². The Kier molecular flexibility index (Phi) is 4.21. The van der Waals surface area contributed by atoms with E-state index in [1.54, 1.807) is 18.4 Å². The van der Waals surface area contributed by atoms with Gasteiger partial charge in [0, 0.05) is 13.2 Å². The molecule has 1 aliphatic rings. The summed E-state index contributed by atoms with van der Waals surface area (Å²) >= 11 is 1.76.